The summed E-state index contributed by atoms with van der Waals surface area (Å²) in [6.45, 7) is 6.30. The van der Waals surface area contributed by atoms with Crippen molar-refractivity contribution in [3.63, 3.8) is 0 Å². The first-order chi connectivity index (χ1) is 16.8. The molecule has 0 fully saturated rings. The van der Waals surface area contributed by atoms with E-state index in [-0.39, 0.29) is 17.4 Å². The predicted octanol–water partition coefficient (Wildman–Crippen LogP) is 5.86. The van der Waals surface area contributed by atoms with Crippen molar-refractivity contribution in [1.82, 2.24) is 10.2 Å². The van der Waals surface area contributed by atoms with Crippen LogP contribution in [0.4, 0.5) is 0 Å². The number of thioether (sulfide) groups is 1. The second-order valence-electron chi connectivity index (χ2n) is 9.74. The van der Waals surface area contributed by atoms with Crippen LogP contribution in [0.25, 0.3) is 0 Å². The molecule has 184 valence electrons. The molecule has 3 aromatic rings. The number of carbonyl (C=O) groups is 2. The Kier molecular flexibility index (Phi) is 9.98. The molecule has 1 unspecified atom stereocenters. The van der Waals surface area contributed by atoms with Gasteiger partial charge in [-0.15, -0.1) is 0 Å². The average Bonchev–Trinajstić information content (AvgIpc) is 2.84. The lowest BCUT2D eigenvalue weighted by molar-refractivity contribution is -0.141. The Morgan fingerprint density at radius 1 is 0.800 bits per heavy atom. The zero-order valence-electron chi connectivity index (χ0n) is 20.9. The van der Waals surface area contributed by atoms with Gasteiger partial charge in [0.2, 0.25) is 11.8 Å². The molecule has 0 saturated carbocycles. The van der Waals surface area contributed by atoms with Gasteiger partial charge in [0.25, 0.3) is 0 Å². The first-order valence-corrected chi connectivity index (χ1v) is 13.3. The van der Waals surface area contributed by atoms with Gasteiger partial charge in [0.15, 0.2) is 0 Å². The summed E-state index contributed by atoms with van der Waals surface area (Å²) in [6, 6.07) is 29.5. The fraction of sp³-hybridized carbons (Fsp3) is 0.333. The van der Waals surface area contributed by atoms with E-state index < -0.39 is 6.04 Å². The highest BCUT2D eigenvalue weighted by Crippen LogP contribution is 2.19. The van der Waals surface area contributed by atoms with Gasteiger partial charge in [0.05, 0.1) is 0 Å². The van der Waals surface area contributed by atoms with Gasteiger partial charge in [0.1, 0.15) is 6.04 Å². The van der Waals surface area contributed by atoms with Gasteiger partial charge in [-0.3, -0.25) is 9.59 Å². The highest BCUT2D eigenvalue weighted by molar-refractivity contribution is 7.98. The summed E-state index contributed by atoms with van der Waals surface area (Å²) in [5.74, 6) is 1.45. The second kappa shape index (κ2) is 13.1. The highest BCUT2D eigenvalue weighted by atomic mass is 32.2. The van der Waals surface area contributed by atoms with E-state index in [1.807, 2.05) is 99.6 Å². The summed E-state index contributed by atoms with van der Waals surface area (Å²) in [5.41, 5.74) is 2.90. The van der Waals surface area contributed by atoms with Crippen LogP contribution in [0.2, 0.25) is 0 Å². The van der Waals surface area contributed by atoms with Crippen LogP contribution in [-0.2, 0) is 28.3 Å². The molecule has 1 atom stereocenters. The monoisotopic (exact) mass is 488 g/mol. The molecule has 35 heavy (non-hydrogen) atoms. The fourth-order valence-corrected chi connectivity index (χ4v) is 4.75. The van der Waals surface area contributed by atoms with Crippen LogP contribution in [0.1, 0.15) is 43.9 Å². The van der Waals surface area contributed by atoms with E-state index in [2.05, 4.69) is 17.4 Å². The second-order valence-corrected chi connectivity index (χ2v) is 10.8. The molecule has 2 amide bonds. The maximum atomic E-state index is 13.6. The standard InChI is InChI=1S/C30H36N2O2S/c1-30(2,3)31-29(34)27(21-24-13-7-4-8-14-24)32(22-25-15-9-5-10-16-25)28(33)19-20-35-23-26-17-11-6-12-18-26/h4-18,27H,19-23H2,1-3H3,(H,31,34). The van der Waals surface area contributed by atoms with E-state index in [1.54, 1.807) is 16.7 Å². The van der Waals surface area contributed by atoms with Gasteiger partial charge in [-0.1, -0.05) is 91.0 Å². The van der Waals surface area contributed by atoms with Crippen LogP contribution in [0.3, 0.4) is 0 Å². The van der Waals surface area contributed by atoms with E-state index in [9.17, 15) is 9.59 Å². The zero-order chi connectivity index (χ0) is 25.1. The molecule has 0 aliphatic rings. The summed E-state index contributed by atoms with van der Waals surface area (Å²) in [5, 5.41) is 3.11. The van der Waals surface area contributed by atoms with Crippen molar-refractivity contribution in [3.8, 4) is 0 Å². The number of hydrogen-bond acceptors (Lipinski definition) is 3. The molecule has 3 aromatic carbocycles. The molecule has 3 rings (SSSR count). The van der Waals surface area contributed by atoms with E-state index in [0.717, 1.165) is 16.9 Å². The van der Waals surface area contributed by atoms with Crippen LogP contribution < -0.4 is 5.32 Å². The largest absolute Gasteiger partial charge is 0.350 e. The van der Waals surface area contributed by atoms with Crippen molar-refractivity contribution in [2.24, 2.45) is 0 Å². The number of rotatable bonds is 11. The first kappa shape index (κ1) is 26.6. The van der Waals surface area contributed by atoms with Gasteiger partial charge < -0.3 is 10.2 Å². The number of nitrogens with zero attached hydrogens (tertiary/aromatic N) is 1. The number of nitrogens with one attached hydrogen (secondary N) is 1. The molecule has 0 radical (unpaired) electrons. The molecule has 0 heterocycles. The van der Waals surface area contributed by atoms with Crippen molar-refractivity contribution in [1.29, 1.82) is 0 Å². The molecular formula is C30H36N2O2S. The molecule has 0 aliphatic heterocycles. The van der Waals surface area contributed by atoms with Crippen LogP contribution in [0, 0.1) is 0 Å². The topological polar surface area (TPSA) is 49.4 Å². The van der Waals surface area contributed by atoms with Crippen LogP contribution in [0.5, 0.6) is 0 Å². The minimum absolute atomic E-state index is 0.000551. The Morgan fingerprint density at radius 2 is 1.31 bits per heavy atom. The molecule has 0 bridgehead atoms. The summed E-state index contributed by atoms with van der Waals surface area (Å²) >= 11 is 1.74. The molecule has 1 N–H and O–H groups in total. The quantitative estimate of drug-likeness (QED) is 0.344. The summed E-state index contributed by atoms with van der Waals surface area (Å²) in [4.78, 5) is 28.9. The Balaban J connectivity index is 1.79. The van der Waals surface area contributed by atoms with Crippen LogP contribution >= 0.6 is 11.8 Å². The Morgan fingerprint density at radius 3 is 1.86 bits per heavy atom. The van der Waals surface area contributed by atoms with Crippen molar-refractivity contribution >= 4 is 23.6 Å². The lowest BCUT2D eigenvalue weighted by atomic mass is 10.0. The van der Waals surface area contributed by atoms with Crippen molar-refractivity contribution in [3.05, 3.63) is 108 Å². The van der Waals surface area contributed by atoms with Crippen molar-refractivity contribution in [2.45, 2.75) is 57.5 Å². The number of amides is 2. The third-order valence-electron chi connectivity index (χ3n) is 5.54. The van der Waals surface area contributed by atoms with Gasteiger partial charge >= 0.3 is 0 Å². The average molecular weight is 489 g/mol. The van der Waals surface area contributed by atoms with Crippen LogP contribution in [0.15, 0.2) is 91.0 Å². The molecular weight excluding hydrogens is 452 g/mol. The fourth-order valence-electron chi connectivity index (χ4n) is 3.85. The van der Waals surface area contributed by atoms with E-state index >= 15 is 0 Å². The minimum Gasteiger partial charge on any atom is -0.350 e. The van der Waals surface area contributed by atoms with E-state index in [1.165, 1.54) is 5.56 Å². The number of hydrogen-bond donors (Lipinski definition) is 1. The lowest BCUT2D eigenvalue weighted by Crippen LogP contribution is -2.54. The Labute approximate surface area is 214 Å². The molecule has 4 nitrogen and oxygen atoms in total. The molecule has 0 saturated heterocycles. The van der Waals surface area contributed by atoms with Gasteiger partial charge in [0, 0.05) is 36.4 Å². The maximum absolute atomic E-state index is 13.6. The maximum Gasteiger partial charge on any atom is 0.243 e. The van der Waals surface area contributed by atoms with Gasteiger partial charge in [-0.25, -0.2) is 0 Å². The van der Waals surface area contributed by atoms with Crippen LogP contribution in [-0.4, -0.2) is 34.0 Å². The van der Waals surface area contributed by atoms with E-state index in [4.69, 9.17) is 0 Å². The number of carbonyl (C=O) groups excluding carboxylic acids is 2. The summed E-state index contributed by atoms with van der Waals surface area (Å²) in [6.07, 6.45) is 0.858. The Bertz CT molecular complexity index is 1050. The third kappa shape index (κ3) is 9.25. The summed E-state index contributed by atoms with van der Waals surface area (Å²) < 4.78 is 0. The first-order valence-electron chi connectivity index (χ1n) is 12.1. The molecule has 0 spiro atoms. The van der Waals surface area contributed by atoms with E-state index in [0.29, 0.717) is 25.1 Å². The highest BCUT2D eigenvalue weighted by Gasteiger charge is 2.31. The van der Waals surface area contributed by atoms with Crippen molar-refractivity contribution in [2.75, 3.05) is 5.75 Å². The summed E-state index contributed by atoms with van der Waals surface area (Å²) in [7, 11) is 0. The van der Waals surface area contributed by atoms with Gasteiger partial charge in [-0.05, 0) is 37.5 Å². The van der Waals surface area contributed by atoms with Crippen molar-refractivity contribution < 1.29 is 9.59 Å². The molecule has 0 aromatic heterocycles. The predicted molar refractivity (Wildman–Crippen MR) is 146 cm³/mol. The number of benzene rings is 3. The van der Waals surface area contributed by atoms with Gasteiger partial charge in [-0.2, -0.15) is 11.8 Å². The SMILES string of the molecule is CC(C)(C)NC(=O)C(Cc1ccccc1)N(Cc1ccccc1)C(=O)CCSCc1ccccc1. The smallest absolute Gasteiger partial charge is 0.243 e. The molecule has 5 heteroatoms. The normalized spacial score (nSPS) is 12.1. The lowest BCUT2D eigenvalue weighted by Gasteiger charge is -2.34. The molecule has 0 aliphatic carbocycles. The Hall–Kier alpha value is -3.05. The third-order valence-corrected chi connectivity index (χ3v) is 6.57. The minimum atomic E-state index is -0.594. The zero-order valence-corrected chi connectivity index (χ0v) is 21.8.